The fourth-order valence-corrected chi connectivity index (χ4v) is 8.94. The topological polar surface area (TPSA) is 212 Å². The van der Waals surface area contributed by atoms with Crippen LogP contribution in [0.25, 0.3) is 11.0 Å². The van der Waals surface area contributed by atoms with Gasteiger partial charge in [-0.05, 0) is 69.1 Å². The van der Waals surface area contributed by atoms with E-state index in [9.17, 15) is 41.2 Å². The number of hydrogen-bond donors (Lipinski definition) is 3. The molecule has 4 amide bonds. The van der Waals surface area contributed by atoms with Gasteiger partial charge in [0.1, 0.15) is 29.8 Å². The Morgan fingerprint density at radius 2 is 1.72 bits per heavy atom. The molecule has 16 nitrogen and oxygen atoms in total. The number of alkyl carbamates (subject to hydrolysis) is 1. The first kappa shape index (κ1) is 40.4. The molecule has 2 aliphatic heterocycles. The standard InChI is InChI=1S/C38H46F2N6O10S/c1-36(2,3)29-33(49)46-19-20(17-24(46)31(48)44-38(18-21(38)30(39)40)34(50)45-57(52,53)37(4)14-15-37)55-32-28(41-22-9-5-6-10-23(22)42-32)25(47)11-8-16-54-26-12-7-13-27(26)56-35(51)43-29/h5-6,8-11,20-21,24,26-27,29-30H,7,12-19H2,1-4H3,(H,43,51)(H,44,48)(H,45,50)/b11-8+/t20-,21+,24+,26-,27-,29-,38-/m1/s1. The predicted octanol–water partition coefficient (Wildman–Crippen LogP) is 2.95. The Morgan fingerprint density at radius 3 is 2.37 bits per heavy atom. The molecule has 19 heteroatoms. The number of nitrogens with zero attached hydrogens (tertiary/aromatic N) is 3. The van der Waals surface area contributed by atoms with Crippen LogP contribution < -0.4 is 20.1 Å². The van der Waals surface area contributed by atoms with E-state index in [2.05, 4.69) is 20.6 Å². The van der Waals surface area contributed by atoms with Crippen molar-refractivity contribution in [2.75, 3.05) is 13.2 Å². The number of nitrogens with one attached hydrogen (secondary N) is 3. The second-order valence-electron chi connectivity index (χ2n) is 16.8. The third-order valence-electron chi connectivity index (χ3n) is 11.5. The molecule has 1 aromatic heterocycles. The van der Waals surface area contributed by atoms with Crippen molar-refractivity contribution < 1.29 is 55.4 Å². The molecule has 1 aromatic carbocycles. The maximum Gasteiger partial charge on any atom is 0.408 e. The average Bonchev–Trinajstić information content (AvgIpc) is 3.97. The van der Waals surface area contributed by atoms with Crippen LogP contribution in [-0.4, -0.2) is 113 Å². The molecule has 308 valence electrons. The predicted molar refractivity (Wildman–Crippen MR) is 197 cm³/mol. The Labute approximate surface area is 327 Å². The molecule has 7 rings (SSSR count). The Morgan fingerprint density at radius 1 is 1.04 bits per heavy atom. The van der Waals surface area contributed by atoms with Gasteiger partial charge >= 0.3 is 6.09 Å². The SMILES string of the molecule is CC(C)(C)[C@@H]1NC(=O)O[C@@H]2CCC[C@H]2OC/C=C/C(=O)c2nc3ccccc3nc2O[C@@H]2C[C@@H](C(=O)N[C@]3(C(=O)NS(=O)(=O)C4(C)CC4)C[C@H]3C(F)F)N(C2)C1=O. The van der Waals surface area contributed by atoms with E-state index >= 15 is 0 Å². The number of para-hydroxylation sites is 2. The number of fused-ring (bicyclic) bond motifs is 5. The largest absolute Gasteiger partial charge is 0.471 e. The highest BCUT2D eigenvalue weighted by atomic mass is 32.2. The highest BCUT2D eigenvalue weighted by molar-refractivity contribution is 7.91. The quantitative estimate of drug-likeness (QED) is 0.384. The van der Waals surface area contributed by atoms with Gasteiger partial charge in [0.2, 0.25) is 39.9 Å². The van der Waals surface area contributed by atoms with E-state index in [1.165, 1.54) is 19.1 Å². The average molecular weight is 817 g/mol. The van der Waals surface area contributed by atoms with Crippen LogP contribution in [0.5, 0.6) is 5.88 Å². The first-order chi connectivity index (χ1) is 26.8. The summed E-state index contributed by atoms with van der Waals surface area (Å²) >= 11 is 0. The zero-order valence-electron chi connectivity index (χ0n) is 32.0. The molecule has 2 bridgehead atoms. The molecule has 2 aromatic rings. The van der Waals surface area contributed by atoms with Gasteiger partial charge in [-0.2, -0.15) is 0 Å². The summed E-state index contributed by atoms with van der Waals surface area (Å²) in [5, 5.41) is 5.05. The second-order valence-corrected chi connectivity index (χ2v) is 19.0. The number of sulfonamides is 1. The Kier molecular flexibility index (Phi) is 10.5. The molecule has 0 radical (unpaired) electrons. The smallest absolute Gasteiger partial charge is 0.408 e. The molecule has 3 saturated carbocycles. The number of ether oxygens (including phenoxy) is 3. The van der Waals surface area contributed by atoms with E-state index in [0.29, 0.717) is 30.3 Å². The molecule has 57 heavy (non-hydrogen) atoms. The number of rotatable bonds is 6. The molecular formula is C38H46F2N6O10S. The van der Waals surface area contributed by atoms with E-state index in [1.807, 2.05) is 4.72 Å². The van der Waals surface area contributed by atoms with E-state index in [1.54, 1.807) is 45.0 Å². The first-order valence-corrected chi connectivity index (χ1v) is 20.5. The van der Waals surface area contributed by atoms with Gasteiger partial charge < -0.3 is 29.7 Å². The van der Waals surface area contributed by atoms with E-state index < -0.39 is 104 Å². The minimum atomic E-state index is -4.26. The van der Waals surface area contributed by atoms with Crippen LogP contribution in [0, 0.1) is 11.3 Å². The summed E-state index contributed by atoms with van der Waals surface area (Å²) in [7, 11) is -4.26. The zero-order chi connectivity index (χ0) is 41.1. The Hall–Kier alpha value is -4.78. The van der Waals surface area contributed by atoms with Crippen LogP contribution >= 0.6 is 0 Å². The summed E-state index contributed by atoms with van der Waals surface area (Å²) in [6, 6.07) is 3.99. The van der Waals surface area contributed by atoms with Crippen LogP contribution in [0.15, 0.2) is 36.4 Å². The molecular weight excluding hydrogens is 771 g/mol. The number of ketones is 1. The van der Waals surface area contributed by atoms with Crippen molar-refractivity contribution in [3.8, 4) is 5.88 Å². The van der Waals surface area contributed by atoms with Gasteiger partial charge in [-0.1, -0.05) is 39.0 Å². The zero-order valence-corrected chi connectivity index (χ0v) is 32.8. The molecule has 3 N–H and O–H groups in total. The molecule has 1 saturated heterocycles. The second kappa shape index (κ2) is 14.9. The maximum absolute atomic E-state index is 14.6. The lowest BCUT2D eigenvalue weighted by molar-refractivity contribution is -0.143. The highest BCUT2D eigenvalue weighted by Gasteiger charge is 2.67. The summed E-state index contributed by atoms with van der Waals surface area (Å²) in [5.74, 6) is -5.56. The number of benzene rings is 1. The summed E-state index contributed by atoms with van der Waals surface area (Å²) in [6.45, 7) is 6.20. The maximum atomic E-state index is 14.6. The monoisotopic (exact) mass is 816 g/mol. The number of carbonyl (C=O) groups excluding carboxylic acids is 5. The van der Waals surface area contributed by atoms with Crippen molar-refractivity contribution in [2.45, 2.75) is 120 Å². The molecule has 7 atom stereocenters. The van der Waals surface area contributed by atoms with Crippen LogP contribution in [0.4, 0.5) is 13.6 Å². The van der Waals surface area contributed by atoms with Gasteiger partial charge in [-0.3, -0.25) is 23.9 Å². The fourth-order valence-electron chi connectivity index (χ4n) is 7.63. The van der Waals surface area contributed by atoms with Gasteiger partial charge in [0.05, 0.1) is 41.0 Å². The molecule has 3 aliphatic carbocycles. The third kappa shape index (κ3) is 8.04. The summed E-state index contributed by atoms with van der Waals surface area (Å²) in [5.41, 5.74) is -2.63. The van der Waals surface area contributed by atoms with Crippen molar-refractivity contribution >= 4 is 50.7 Å². The summed E-state index contributed by atoms with van der Waals surface area (Å²) in [6.07, 6.45) is -1.95. The summed E-state index contributed by atoms with van der Waals surface area (Å²) in [4.78, 5) is 79.6. The van der Waals surface area contributed by atoms with Gasteiger partial charge in [-0.15, -0.1) is 0 Å². The molecule has 0 unspecified atom stereocenters. The van der Waals surface area contributed by atoms with Crippen molar-refractivity contribution in [1.29, 1.82) is 0 Å². The number of aromatic nitrogens is 2. The fraction of sp³-hybridized carbons (Fsp3) is 0.605. The number of carbonyl (C=O) groups is 5. The van der Waals surface area contributed by atoms with Crippen LogP contribution in [-0.2, 0) is 33.9 Å². The number of allylic oxidation sites excluding steroid dienone is 1. The summed E-state index contributed by atoms with van der Waals surface area (Å²) < 4.78 is 73.0. The minimum absolute atomic E-state index is 0.0176. The third-order valence-corrected chi connectivity index (χ3v) is 13.7. The van der Waals surface area contributed by atoms with Crippen LogP contribution in [0.3, 0.4) is 0 Å². The molecule has 5 aliphatic rings. The number of alkyl halides is 2. The van der Waals surface area contributed by atoms with Crippen molar-refractivity contribution in [3.63, 3.8) is 0 Å². The number of amides is 4. The van der Waals surface area contributed by atoms with E-state index in [4.69, 9.17) is 14.2 Å². The van der Waals surface area contributed by atoms with Gasteiger partial charge in [-0.25, -0.2) is 32.0 Å². The van der Waals surface area contributed by atoms with Crippen molar-refractivity contribution in [1.82, 2.24) is 30.2 Å². The lowest BCUT2D eigenvalue weighted by atomic mass is 9.85. The van der Waals surface area contributed by atoms with Gasteiger partial charge in [0, 0.05) is 6.42 Å². The lowest BCUT2D eigenvalue weighted by Crippen LogP contribution is -2.60. The number of halogens is 2. The highest BCUT2D eigenvalue weighted by Crippen LogP contribution is 2.49. The lowest BCUT2D eigenvalue weighted by Gasteiger charge is -2.35. The first-order valence-electron chi connectivity index (χ1n) is 19.0. The van der Waals surface area contributed by atoms with Crippen molar-refractivity contribution in [2.24, 2.45) is 11.3 Å². The van der Waals surface area contributed by atoms with Gasteiger partial charge in [0.25, 0.3) is 5.91 Å². The Balaban J connectivity index is 1.25. The number of hydrogen-bond acceptors (Lipinski definition) is 12. The van der Waals surface area contributed by atoms with E-state index in [0.717, 1.165) is 4.90 Å². The van der Waals surface area contributed by atoms with Crippen LogP contribution in [0.1, 0.15) is 83.1 Å². The normalized spacial score (nSPS) is 30.9. The molecule has 0 spiro atoms. The van der Waals surface area contributed by atoms with E-state index in [-0.39, 0.29) is 44.0 Å². The molecule has 3 heterocycles. The van der Waals surface area contributed by atoms with Crippen LogP contribution in [0.2, 0.25) is 0 Å². The Bertz CT molecular complexity index is 2130. The molecule has 4 fully saturated rings. The van der Waals surface area contributed by atoms with Crippen molar-refractivity contribution in [3.05, 3.63) is 42.1 Å². The van der Waals surface area contributed by atoms with Gasteiger partial charge in [0.15, 0.2) is 5.69 Å². The minimum Gasteiger partial charge on any atom is -0.471 e.